The number of carbonyl (C=O) groups excluding carboxylic acids is 1. The van der Waals surface area contributed by atoms with Crippen molar-refractivity contribution in [2.24, 2.45) is 5.92 Å². The van der Waals surface area contributed by atoms with Gasteiger partial charge in [0, 0.05) is 0 Å². The van der Waals surface area contributed by atoms with E-state index in [1.54, 1.807) is 5.51 Å². The minimum absolute atomic E-state index is 0.0172. The lowest BCUT2D eigenvalue weighted by Crippen LogP contribution is -2.16. The number of aromatic nitrogens is 2. The standard InChI is InChI=1S/C6H5Br2N3OS/c7-6(8)1-3(6)4(12)10-5-11-9-2-13-5/h2-3H,1H2,(H,10,11,12). The van der Waals surface area contributed by atoms with Crippen molar-refractivity contribution in [3.63, 3.8) is 0 Å². The largest absolute Gasteiger partial charge is 0.300 e. The van der Waals surface area contributed by atoms with Gasteiger partial charge in [0.25, 0.3) is 0 Å². The molecular weight excluding hydrogens is 322 g/mol. The highest BCUT2D eigenvalue weighted by Gasteiger charge is 2.55. The summed E-state index contributed by atoms with van der Waals surface area (Å²) < 4.78 is -0.200. The lowest BCUT2D eigenvalue weighted by molar-refractivity contribution is -0.117. The van der Waals surface area contributed by atoms with Gasteiger partial charge in [0.1, 0.15) is 5.51 Å². The van der Waals surface area contributed by atoms with E-state index in [2.05, 4.69) is 47.4 Å². The molecule has 7 heteroatoms. The van der Waals surface area contributed by atoms with Gasteiger partial charge in [-0.2, -0.15) is 0 Å². The Labute approximate surface area is 95.4 Å². The van der Waals surface area contributed by atoms with Gasteiger partial charge in [0.15, 0.2) is 0 Å². The van der Waals surface area contributed by atoms with E-state index < -0.39 is 0 Å². The van der Waals surface area contributed by atoms with Crippen LogP contribution < -0.4 is 5.32 Å². The molecule has 1 atom stereocenters. The molecule has 0 saturated heterocycles. The van der Waals surface area contributed by atoms with Crippen molar-refractivity contribution in [2.75, 3.05) is 5.32 Å². The molecule has 0 aliphatic heterocycles. The zero-order valence-electron chi connectivity index (χ0n) is 6.33. The van der Waals surface area contributed by atoms with Gasteiger partial charge in [-0.05, 0) is 6.42 Å². The Kier molecular flexibility index (Phi) is 2.41. The van der Waals surface area contributed by atoms with E-state index in [9.17, 15) is 4.79 Å². The number of hydrogen-bond acceptors (Lipinski definition) is 4. The summed E-state index contributed by atoms with van der Waals surface area (Å²) in [7, 11) is 0. The smallest absolute Gasteiger partial charge is 0.231 e. The van der Waals surface area contributed by atoms with Gasteiger partial charge in [0.2, 0.25) is 11.0 Å². The second-order valence-corrected chi connectivity index (χ2v) is 7.48. The predicted octanol–water partition coefficient (Wildman–Crippen LogP) is 1.98. The molecule has 0 spiro atoms. The summed E-state index contributed by atoms with van der Waals surface area (Å²) in [6, 6.07) is 0. The first-order valence-electron chi connectivity index (χ1n) is 3.54. The second kappa shape index (κ2) is 3.29. The van der Waals surface area contributed by atoms with Crippen molar-refractivity contribution in [3.05, 3.63) is 5.51 Å². The molecule has 0 bridgehead atoms. The van der Waals surface area contributed by atoms with E-state index in [4.69, 9.17) is 0 Å². The molecule has 1 aliphatic rings. The fraction of sp³-hybridized carbons (Fsp3) is 0.500. The monoisotopic (exact) mass is 325 g/mol. The van der Waals surface area contributed by atoms with Crippen LogP contribution in [-0.2, 0) is 4.79 Å². The Morgan fingerprint density at radius 1 is 1.77 bits per heavy atom. The average Bonchev–Trinajstić information content (AvgIpc) is 2.49. The summed E-state index contributed by atoms with van der Waals surface area (Å²) in [4.78, 5) is 11.5. The number of halogens is 2. The average molecular weight is 327 g/mol. The molecule has 1 amide bonds. The van der Waals surface area contributed by atoms with Gasteiger partial charge < -0.3 is 5.32 Å². The SMILES string of the molecule is O=C(Nc1nncs1)C1CC1(Br)Br. The van der Waals surface area contributed by atoms with Crippen LogP contribution in [-0.4, -0.2) is 19.3 Å². The van der Waals surface area contributed by atoms with Crippen LogP contribution in [0, 0.1) is 5.92 Å². The van der Waals surface area contributed by atoms with Crippen molar-refractivity contribution < 1.29 is 4.79 Å². The maximum atomic E-state index is 11.5. The van der Waals surface area contributed by atoms with Gasteiger partial charge in [-0.1, -0.05) is 43.2 Å². The number of hydrogen-bond donors (Lipinski definition) is 1. The molecule has 1 aliphatic carbocycles. The minimum atomic E-state index is -0.200. The van der Waals surface area contributed by atoms with E-state index in [1.165, 1.54) is 11.3 Å². The lowest BCUT2D eigenvalue weighted by Gasteiger charge is -1.99. The molecule has 1 fully saturated rings. The van der Waals surface area contributed by atoms with Crippen LogP contribution in [0.5, 0.6) is 0 Å². The van der Waals surface area contributed by atoms with E-state index in [1.807, 2.05) is 0 Å². The van der Waals surface area contributed by atoms with Crippen molar-refractivity contribution >= 4 is 54.2 Å². The van der Waals surface area contributed by atoms with E-state index in [0.29, 0.717) is 5.13 Å². The summed E-state index contributed by atoms with van der Waals surface area (Å²) in [6.07, 6.45) is 0.803. The van der Waals surface area contributed by atoms with Gasteiger partial charge in [0.05, 0.1) is 9.15 Å². The van der Waals surface area contributed by atoms with Crippen LogP contribution in [0.25, 0.3) is 0 Å². The third-order valence-corrected chi connectivity index (χ3v) is 4.09. The third kappa shape index (κ3) is 2.08. The predicted molar refractivity (Wildman–Crippen MR) is 57.2 cm³/mol. The first kappa shape index (κ1) is 9.54. The number of anilines is 1. The number of nitrogens with one attached hydrogen (secondary N) is 1. The topological polar surface area (TPSA) is 54.9 Å². The molecular formula is C6H5Br2N3OS. The zero-order chi connectivity index (χ0) is 9.47. The van der Waals surface area contributed by atoms with E-state index in [0.717, 1.165) is 6.42 Å². The molecule has 70 valence electrons. The maximum Gasteiger partial charge on any atom is 0.231 e. The zero-order valence-corrected chi connectivity index (χ0v) is 10.3. The fourth-order valence-electron chi connectivity index (χ4n) is 0.918. The van der Waals surface area contributed by atoms with Gasteiger partial charge in [-0.15, -0.1) is 10.2 Å². The Balaban J connectivity index is 1.94. The number of nitrogens with zero attached hydrogens (tertiary/aromatic N) is 2. The molecule has 13 heavy (non-hydrogen) atoms. The van der Waals surface area contributed by atoms with E-state index >= 15 is 0 Å². The van der Waals surface area contributed by atoms with Crippen LogP contribution >= 0.6 is 43.2 Å². The molecule has 1 aromatic heterocycles. The van der Waals surface area contributed by atoms with E-state index in [-0.39, 0.29) is 15.1 Å². The van der Waals surface area contributed by atoms with Crippen LogP contribution in [0.3, 0.4) is 0 Å². The number of rotatable bonds is 2. The molecule has 1 saturated carbocycles. The second-order valence-electron chi connectivity index (χ2n) is 2.75. The van der Waals surface area contributed by atoms with Crippen molar-refractivity contribution in [2.45, 2.75) is 9.65 Å². The highest BCUT2D eigenvalue weighted by molar-refractivity contribution is 9.25. The molecule has 1 aromatic rings. The van der Waals surface area contributed by atoms with Gasteiger partial charge >= 0.3 is 0 Å². The van der Waals surface area contributed by atoms with Crippen LogP contribution in [0.4, 0.5) is 5.13 Å². The Hall–Kier alpha value is -0.0100. The summed E-state index contributed by atoms with van der Waals surface area (Å²) in [5.41, 5.74) is 1.58. The van der Waals surface area contributed by atoms with Crippen molar-refractivity contribution in [1.29, 1.82) is 0 Å². The number of amides is 1. The summed E-state index contributed by atoms with van der Waals surface area (Å²) in [5.74, 6) is -0.0399. The first-order chi connectivity index (χ1) is 6.09. The molecule has 0 aromatic carbocycles. The van der Waals surface area contributed by atoms with Crippen molar-refractivity contribution in [3.8, 4) is 0 Å². The maximum absolute atomic E-state index is 11.5. The summed E-state index contributed by atoms with van der Waals surface area (Å²) >= 11 is 8.07. The third-order valence-electron chi connectivity index (χ3n) is 1.73. The van der Waals surface area contributed by atoms with Crippen LogP contribution in [0.15, 0.2) is 5.51 Å². The fourth-order valence-corrected chi connectivity index (χ4v) is 2.43. The van der Waals surface area contributed by atoms with Gasteiger partial charge in [-0.3, -0.25) is 4.79 Å². The minimum Gasteiger partial charge on any atom is -0.300 e. The van der Waals surface area contributed by atoms with Crippen LogP contribution in [0.1, 0.15) is 6.42 Å². The summed E-state index contributed by atoms with van der Waals surface area (Å²) in [5, 5.41) is 10.6. The molecule has 2 rings (SSSR count). The normalized spacial score (nSPS) is 24.0. The number of carbonyl (C=O) groups is 1. The summed E-state index contributed by atoms with van der Waals surface area (Å²) in [6.45, 7) is 0. The quantitative estimate of drug-likeness (QED) is 0.845. The molecule has 4 nitrogen and oxygen atoms in total. The molecule has 0 radical (unpaired) electrons. The molecule has 1 heterocycles. The van der Waals surface area contributed by atoms with Gasteiger partial charge in [-0.25, -0.2) is 0 Å². The highest BCUT2D eigenvalue weighted by Crippen LogP contribution is 2.56. The Bertz CT molecular complexity index is 327. The van der Waals surface area contributed by atoms with Crippen LogP contribution in [0.2, 0.25) is 0 Å². The molecule has 1 N–H and O–H groups in total. The van der Waals surface area contributed by atoms with Crippen molar-refractivity contribution in [1.82, 2.24) is 10.2 Å². The molecule has 1 unspecified atom stereocenters. The Morgan fingerprint density at radius 2 is 2.46 bits per heavy atom. The first-order valence-corrected chi connectivity index (χ1v) is 6.01. The Morgan fingerprint density at radius 3 is 2.92 bits per heavy atom. The lowest BCUT2D eigenvalue weighted by atomic mass is 10.4. The highest BCUT2D eigenvalue weighted by atomic mass is 79.9. The number of alkyl halides is 2.